The molecule has 1 aromatic carbocycles. The van der Waals surface area contributed by atoms with E-state index in [4.69, 9.17) is 5.41 Å². The molecule has 2 atom stereocenters. The Morgan fingerprint density at radius 1 is 1.42 bits per heavy atom. The highest BCUT2D eigenvalue weighted by atomic mass is 16.2. The molecule has 2 heterocycles. The third-order valence-corrected chi connectivity index (χ3v) is 4.89. The largest absolute Gasteiger partial charge is 0.390 e. The summed E-state index contributed by atoms with van der Waals surface area (Å²) < 4.78 is 0. The van der Waals surface area contributed by atoms with Gasteiger partial charge in [-0.25, -0.2) is 0 Å². The molecule has 5 heteroatoms. The second kappa shape index (κ2) is 8.11. The number of amides is 1. The summed E-state index contributed by atoms with van der Waals surface area (Å²) >= 11 is 0. The lowest BCUT2D eigenvalue weighted by atomic mass is 9.85. The van der Waals surface area contributed by atoms with Crippen LogP contribution in [0.25, 0.3) is 5.57 Å². The third-order valence-electron chi connectivity index (χ3n) is 4.89. The summed E-state index contributed by atoms with van der Waals surface area (Å²) in [4.78, 5) is 14.0. The fourth-order valence-corrected chi connectivity index (χ4v) is 3.52. The molecule has 0 radical (unpaired) electrons. The SMILES string of the molecule is CC(=O)N1c2ccc(C3=CCNCC3)cc2CC(C)[C@@H]1C.N=CN. The van der Waals surface area contributed by atoms with Gasteiger partial charge in [0.1, 0.15) is 0 Å². The topological polar surface area (TPSA) is 82.2 Å². The first-order chi connectivity index (χ1) is 11.5. The molecular formula is C19H28N4O. The van der Waals surface area contributed by atoms with Crippen molar-refractivity contribution < 1.29 is 4.79 Å². The van der Waals surface area contributed by atoms with Gasteiger partial charge in [0.15, 0.2) is 0 Å². The Morgan fingerprint density at radius 3 is 2.71 bits per heavy atom. The highest BCUT2D eigenvalue weighted by Crippen LogP contribution is 2.36. The Balaban J connectivity index is 0.000000647. The normalized spacial score (nSPS) is 22.6. The molecule has 1 aromatic rings. The van der Waals surface area contributed by atoms with E-state index < -0.39 is 0 Å². The Hall–Kier alpha value is -2.14. The second-order valence-electron chi connectivity index (χ2n) is 6.50. The number of nitrogens with two attached hydrogens (primary N) is 1. The number of carbonyl (C=O) groups excluding carboxylic acids is 1. The summed E-state index contributed by atoms with van der Waals surface area (Å²) in [6.07, 6.45) is 5.17. The zero-order valence-corrected chi connectivity index (χ0v) is 14.8. The second-order valence-corrected chi connectivity index (χ2v) is 6.50. The average Bonchev–Trinajstić information content (AvgIpc) is 2.57. The van der Waals surface area contributed by atoms with E-state index in [-0.39, 0.29) is 11.9 Å². The van der Waals surface area contributed by atoms with Gasteiger partial charge in [-0.15, -0.1) is 0 Å². The maximum atomic E-state index is 12.0. The van der Waals surface area contributed by atoms with Crippen molar-refractivity contribution in [2.45, 2.75) is 39.7 Å². The maximum Gasteiger partial charge on any atom is 0.224 e. The van der Waals surface area contributed by atoms with E-state index in [2.05, 4.69) is 49.2 Å². The lowest BCUT2D eigenvalue weighted by Crippen LogP contribution is -2.45. The van der Waals surface area contributed by atoms with Crippen LogP contribution in [0.4, 0.5) is 5.69 Å². The van der Waals surface area contributed by atoms with Gasteiger partial charge in [0.25, 0.3) is 0 Å². The standard InChI is InChI=1S/C18H24N2O.CH4N2/c1-12-10-17-11-16(15-6-8-19-9-7-15)4-5-18(17)20(13(12)2)14(3)21;2-1-3/h4-6,11-13,19H,7-10H2,1-3H3;1H,(H3,2,3)/t12?,13-;/m0./s1. The van der Waals surface area contributed by atoms with Gasteiger partial charge in [-0.1, -0.05) is 19.1 Å². The monoisotopic (exact) mass is 328 g/mol. The first-order valence-electron chi connectivity index (χ1n) is 8.53. The van der Waals surface area contributed by atoms with E-state index in [0.717, 1.165) is 38.0 Å². The summed E-state index contributed by atoms with van der Waals surface area (Å²) in [7, 11) is 0. The molecule has 0 fully saturated rings. The summed E-state index contributed by atoms with van der Waals surface area (Å²) in [6.45, 7) is 8.06. The molecule has 24 heavy (non-hydrogen) atoms. The molecule has 130 valence electrons. The van der Waals surface area contributed by atoms with Crippen molar-refractivity contribution in [1.29, 1.82) is 5.41 Å². The molecule has 0 spiro atoms. The summed E-state index contributed by atoms with van der Waals surface area (Å²) in [6, 6.07) is 6.88. The smallest absolute Gasteiger partial charge is 0.224 e. The van der Waals surface area contributed by atoms with Crippen molar-refractivity contribution in [3.8, 4) is 0 Å². The van der Waals surface area contributed by atoms with Crippen LogP contribution in [-0.4, -0.2) is 31.4 Å². The zero-order chi connectivity index (χ0) is 17.7. The minimum atomic E-state index is 0.143. The Morgan fingerprint density at radius 2 is 2.12 bits per heavy atom. The maximum absolute atomic E-state index is 12.0. The van der Waals surface area contributed by atoms with Crippen LogP contribution in [0, 0.1) is 11.3 Å². The molecule has 3 rings (SSSR count). The fraction of sp³-hybridized carbons (Fsp3) is 0.474. The van der Waals surface area contributed by atoms with Gasteiger partial charge in [0, 0.05) is 25.2 Å². The van der Waals surface area contributed by atoms with Crippen LogP contribution >= 0.6 is 0 Å². The van der Waals surface area contributed by atoms with Gasteiger partial charge in [-0.05, 0) is 61.1 Å². The Bertz CT molecular complexity index is 638. The van der Waals surface area contributed by atoms with Gasteiger partial charge in [-0.2, -0.15) is 0 Å². The number of anilines is 1. The van der Waals surface area contributed by atoms with Gasteiger partial charge in [0.05, 0.1) is 6.34 Å². The van der Waals surface area contributed by atoms with E-state index in [1.807, 2.05) is 4.90 Å². The van der Waals surface area contributed by atoms with Crippen LogP contribution in [-0.2, 0) is 11.2 Å². The van der Waals surface area contributed by atoms with Crippen molar-refractivity contribution >= 4 is 23.5 Å². The summed E-state index contributed by atoms with van der Waals surface area (Å²) in [5.41, 5.74) is 9.55. The number of rotatable bonds is 1. The van der Waals surface area contributed by atoms with Gasteiger partial charge in [0.2, 0.25) is 5.91 Å². The molecule has 0 aliphatic carbocycles. The number of benzene rings is 1. The molecule has 2 aliphatic rings. The van der Waals surface area contributed by atoms with Crippen LogP contribution < -0.4 is 16.0 Å². The predicted octanol–water partition coefficient (Wildman–Crippen LogP) is 2.55. The van der Waals surface area contributed by atoms with Crippen molar-refractivity contribution in [3.05, 3.63) is 35.4 Å². The average molecular weight is 328 g/mol. The molecule has 1 unspecified atom stereocenters. The van der Waals surface area contributed by atoms with E-state index in [1.165, 1.54) is 16.7 Å². The summed E-state index contributed by atoms with van der Waals surface area (Å²) in [5.74, 6) is 0.641. The summed E-state index contributed by atoms with van der Waals surface area (Å²) in [5, 5.41) is 9.21. The quantitative estimate of drug-likeness (QED) is 0.547. The molecule has 4 N–H and O–H groups in total. The zero-order valence-electron chi connectivity index (χ0n) is 14.8. The van der Waals surface area contributed by atoms with E-state index in [9.17, 15) is 4.79 Å². The first-order valence-corrected chi connectivity index (χ1v) is 8.53. The van der Waals surface area contributed by atoms with Gasteiger partial charge in [-0.3, -0.25) is 10.2 Å². The predicted molar refractivity (Wildman–Crippen MR) is 100 cm³/mol. The highest BCUT2D eigenvalue weighted by Gasteiger charge is 2.31. The van der Waals surface area contributed by atoms with Crippen LogP contribution in [0.2, 0.25) is 0 Å². The molecule has 2 aliphatic heterocycles. The van der Waals surface area contributed by atoms with Crippen molar-refractivity contribution in [2.75, 3.05) is 18.0 Å². The Labute approximate surface area is 144 Å². The van der Waals surface area contributed by atoms with Crippen molar-refractivity contribution in [1.82, 2.24) is 5.32 Å². The number of fused-ring (bicyclic) bond motifs is 1. The van der Waals surface area contributed by atoms with Gasteiger partial charge < -0.3 is 16.0 Å². The van der Waals surface area contributed by atoms with Crippen molar-refractivity contribution in [3.63, 3.8) is 0 Å². The molecule has 0 bridgehead atoms. The van der Waals surface area contributed by atoms with Crippen LogP contribution in [0.5, 0.6) is 0 Å². The van der Waals surface area contributed by atoms with Crippen LogP contribution in [0.3, 0.4) is 0 Å². The highest BCUT2D eigenvalue weighted by molar-refractivity contribution is 5.94. The molecule has 0 aromatic heterocycles. The number of hydrogen-bond acceptors (Lipinski definition) is 3. The van der Waals surface area contributed by atoms with Crippen LogP contribution in [0.1, 0.15) is 38.3 Å². The van der Waals surface area contributed by atoms with Crippen LogP contribution in [0.15, 0.2) is 24.3 Å². The lowest BCUT2D eigenvalue weighted by Gasteiger charge is -2.39. The fourth-order valence-electron chi connectivity index (χ4n) is 3.52. The van der Waals surface area contributed by atoms with E-state index >= 15 is 0 Å². The minimum Gasteiger partial charge on any atom is -0.390 e. The number of nitrogens with zero attached hydrogens (tertiary/aromatic N) is 1. The van der Waals surface area contributed by atoms with E-state index in [0.29, 0.717) is 5.92 Å². The molecule has 0 saturated carbocycles. The van der Waals surface area contributed by atoms with Gasteiger partial charge >= 0.3 is 0 Å². The molecule has 1 amide bonds. The van der Waals surface area contributed by atoms with Crippen molar-refractivity contribution in [2.24, 2.45) is 11.7 Å². The molecular weight excluding hydrogens is 300 g/mol. The Kier molecular flexibility index (Phi) is 6.15. The van der Waals surface area contributed by atoms with E-state index in [1.54, 1.807) is 6.92 Å². The number of hydrogen-bond donors (Lipinski definition) is 3. The number of nitrogens with one attached hydrogen (secondary N) is 2. The lowest BCUT2D eigenvalue weighted by molar-refractivity contribution is -0.117. The first kappa shape index (κ1) is 18.2. The molecule has 5 nitrogen and oxygen atoms in total. The third kappa shape index (κ3) is 3.85. The number of carbonyl (C=O) groups is 1. The molecule has 0 saturated heterocycles. The minimum absolute atomic E-state index is 0.143.